The molecule has 0 saturated carbocycles. The molecule has 1 aromatic rings. The number of amides is 3. The van der Waals surface area contributed by atoms with Crippen LogP contribution < -0.4 is 16.0 Å². The summed E-state index contributed by atoms with van der Waals surface area (Å²) < 4.78 is 0. The quantitative estimate of drug-likeness (QED) is 0.800. The van der Waals surface area contributed by atoms with Crippen molar-refractivity contribution in [3.63, 3.8) is 0 Å². The maximum atomic E-state index is 12.6. The number of nitrogens with two attached hydrogens (primary N) is 1. The smallest absolute Gasteiger partial charge is 0.312 e. The number of nitrogens with one attached hydrogen (secondary N) is 1. The van der Waals surface area contributed by atoms with E-state index in [2.05, 4.69) is 10.2 Å². The molecular formula is C16H23ClN4O2S. The van der Waals surface area contributed by atoms with Gasteiger partial charge in [0, 0.05) is 36.9 Å². The molecule has 24 heavy (non-hydrogen) atoms. The van der Waals surface area contributed by atoms with E-state index in [4.69, 9.17) is 17.3 Å². The van der Waals surface area contributed by atoms with Gasteiger partial charge in [-0.25, -0.2) is 4.79 Å². The van der Waals surface area contributed by atoms with E-state index in [9.17, 15) is 9.59 Å². The average Bonchev–Trinajstić information content (AvgIpc) is 2.58. The number of urea groups is 1. The molecule has 1 saturated heterocycles. The number of hydrogen-bond acceptors (Lipinski definition) is 4. The Labute approximate surface area is 151 Å². The highest BCUT2D eigenvalue weighted by Crippen LogP contribution is 2.21. The van der Waals surface area contributed by atoms with E-state index in [0.29, 0.717) is 24.5 Å². The molecule has 0 aliphatic carbocycles. The molecule has 1 fully saturated rings. The molecule has 1 atom stereocenters. The SMILES string of the molecule is CSCC[C@H](NC(N)=O)C(=O)N1CCN(c2cccc(Cl)c2)CC1. The van der Waals surface area contributed by atoms with Crippen molar-refractivity contribution >= 4 is 41.0 Å². The zero-order valence-electron chi connectivity index (χ0n) is 13.7. The summed E-state index contributed by atoms with van der Waals surface area (Å²) in [5.41, 5.74) is 6.26. The van der Waals surface area contributed by atoms with Crippen LogP contribution in [0.15, 0.2) is 24.3 Å². The molecule has 0 spiro atoms. The molecule has 1 aliphatic heterocycles. The molecule has 0 unspecified atom stereocenters. The Bertz CT molecular complexity index is 579. The predicted molar refractivity (Wildman–Crippen MR) is 99.8 cm³/mol. The fourth-order valence-electron chi connectivity index (χ4n) is 2.74. The summed E-state index contributed by atoms with van der Waals surface area (Å²) in [7, 11) is 0. The van der Waals surface area contributed by atoms with Gasteiger partial charge < -0.3 is 20.9 Å². The summed E-state index contributed by atoms with van der Waals surface area (Å²) in [6.45, 7) is 2.69. The highest BCUT2D eigenvalue weighted by Gasteiger charge is 2.28. The van der Waals surface area contributed by atoms with Crippen LogP contribution in [0.3, 0.4) is 0 Å². The molecule has 6 nitrogen and oxygen atoms in total. The zero-order chi connectivity index (χ0) is 17.5. The number of nitrogens with zero attached hydrogens (tertiary/aromatic N) is 2. The number of halogens is 1. The summed E-state index contributed by atoms with van der Waals surface area (Å²) in [6.07, 6.45) is 2.55. The standard InChI is InChI=1S/C16H23ClN4O2S/c1-24-10-5-14(19-16(18)23)15(22)21-8-6-20(7-9-21)13-4-2-3-12(17)11-13/h2-4,11,14H,5-10H2,1H3,(H3,18,19,23)/t14-/m0/s1. The van der Waals surface area contributed by atoms with Crippen molar-refractivity contribution in [2.45, 2.75) is 12.5 Å². The van der Waals surface area contributed by atoms with E-state index in [0.717, 1.165) is 24.5 Å². The normalized spacial score (nSPS) is 15.9. The van der Waals surface area contributed by atoms with Crippen LogP contribution in [0.4, 0.5) is 10.5 Å². The van der Waals surface area contributed by atoms with Gasteiger partial charge in [-0.2, -0.15) is 11.8 Å². The number of hydrogen-bond donors (Lipinski definition) is 2. The molecule has 3 amide bonds. The van der Waals surface area contributed by atoms with Crippen molar-refractivity contribution in [2.24, 2.45) is 5.73 Å². The third-order valence-corrected chi connectivity index (χ3v) is 4.87. The number of piperazine rings is 1. The minimum absolute atomic E-state index is 0.0615. The number of carbonyl (C=O) groups excluding carboxylic acids is 2. The van der Waals surface area contributed by atoms with E-state index in [1.54, 1.807) is 16.7 Å². The largest absolute Gasteiger partial charge is 0.368 e. The van der Waals surface area contributed by atoms with Gasteiger partial charge in [-0.05, 0) is 36.6 Å². The fourth-order valence-corrected chi connectivity index (χ4v) is 3.40. The molecule has 3 N–H and O–H groups in total. The van der Waals surface area contributed by atoms with Crippen LogP contribution in [0.25, 0.3) is 0 Å². The van der Waals surface area contributed by atoms with Crippen molar-refractivity contribution in [2.75, 3.05) is 43.1 Å². The van der Waals surface area contributed by atoms with Crippen LogP contribution >= 0.6 is 23.4 Å². The van der Waals surface area contributed by atoms with Crippen LogP contribution in [-0.2, 0) is 4.79 Å². The Morgan fingerprint density at radius 1 is 1.33 bits per heavy atom. The highest BCUT2D eigenvalue weighted by molar-refractivity contribution is 7.98. The molecular weight excluding hydrogens is 348 g/mol. The topological polar surface area (TPSA) is 78.7 Å². The number of primary amides is 1. The lowest BCUT2D eigenvalue weighted by molar-refractivity contribution is -0.133. The number of anilines is 1. The van der Waals surface area contributed by atoms with Gasteiger partial charge in [0.1, 0.15) is 6.04 Å². The van der Waals surface area contributed by atoms with Crippen molar-refractivity contribution in [1.82, 2.24) is 10.2 Å². The van der Waals surface area contributed by atoms with Crippen LogP contribution in [0.5, 0.6) is 0 Å². The summed E-state index contributed by atoms with van der Waals surface area (Å²) in [5.74, 6) is 0.729. The average molecular weight is 371 g/mol. The van der Waals surface area contributed by atoms with Crippen LogP contribution in [-0.4, -0.2) is 61.1 Å². The maximum absolute atomic E-state index is 12.6. The molecule has 1 aliphatic rings. The first-order chi connectivity index (χ1) is 11.5. The Morgan fingerprint density at radius 3 is 2.62 bits per heavy atom. The van der Waals surface area contributed by atoms with E-state index in [-0.39, 0.29) is 5.91 Å². The summed E-state index contributed by atoms with van der Waals surface area (Å²) in [6, 6.07) is 6.50. The lowest BCUT2D eigenvalue weighted by Gasteiger charge is -2.37. The molecule has 132 valence electrons. The number of carbonyl (C=O) groups is 2. The molecule has 0 radical (unpaired) electrons. The zero-order valence-corrected chi connectivity index (χ0v) is 15.3. The highest BCUT2D eigenvalue weighted by atomic mass is 35.5. The first-order valence-corrected chi connectivity index (χ1v) is 9.62. The van der Waals surface area contributed by atoms with Gasteiger partial charge >= 0.3 is 6.03 Å². The lowest BCUT2D eigenvalue weighted by atomic mass is 10.1. The van der Waals surface area contributed by atoms with Crippen molar-refractivity contribution in [1.29, 1.82) is 0 Å². The second-order valence-corrected chi connectivity index (χ2v) is 7.06. The third-order valence-electron chi connectivity index (χ3n) is 3.99. The van der Waals surface area contributed by atoms with E-state index < -0.39 is 12.1 Å². The Balaban J connectivity index is 1.94. The second kappa shape index (κ2) is 9.03. The van der Waals surface area contributed by atoms with E-state index in [1.165, 1.54) is 0 Å². The van der Waals surface area contributed by atoms with Crippen LogP contribution in [0.1, 0.15) is 6.42 Å². The van der Waals surface area contributed by atoms with Gasteiger partial charge in [0.2, 0.25) is 5.91 Å². The first kappa shape index (κ1) is 18.7. The predicted octanol–water partition coefficient (Wildman–Crippen LogP) is 1.78. The maximum Gasteiger partial charge on any atom is 0.312 e. The Morgan fingerprint density at radius 2 is 2.04 bits per heavy atom. The molecule has 2 rings (SSSR count). The Kier molecular flexibility index (Phi) is 7.05. The van der Waals surface area contributed by atoms with Gasteiger partial charge in [-0.15, -0.1) is 0 Å². The van der Waals surface area contributed by atoms with Crippen molar-refractivity contribution in [3.05, 3.63) is 29.3 Å². The van der Waals surface area contributed by atoms with Crippen LogP contribution in [0, 0.1) is 0 Å². The summed E-state index contributed by atoms with van der Waals surface area (Å²) in [5, 5.41) is 3.27. The molecule has 1 aromatic carbocycles. The minimum atomic E-state index is -0.660. The minimum Gasteiger partial charge on any atom is -0.368 e. The number of rotatable bonds is 6. The summed E-state index contributed by atoms with van der Waals surface area (Å²) in [4.78, 5) is 27.8. The number of benzene rings is 1. The van der Waals surface area contributed by atoms with Gasteiger partial charge in [0.05, 0.1) is 0 Å². The molecule has 0 bridgehead atoms. The fraction of sp³-hybridized carbons (Fsp3) is 0.500. The first-order valence-electron chi connectivity index (χ1n) is 7.85. The van der Waals surface area contributed by atoms with E-state index >= 15 is 0 Å². The monoisotopic (exact) mass is 370 g/mol. The van der Waals surface area contributed by atoms with Gasteiger partial charge in [0.15, 0.2) is 0 Å². The molecule has 8 heteroatoms. The van der Waals surface area contributed by atoms with Crippen molar-refractivity contribution in [3.8, 4) is 0 Å². The van der Waals surface area contributed by atoms with Gasteiger partial charge in [-0.3, -0.25) is 4.79 Å². The van der Waals surface area contributed by atoms with Gasteiger partial charge in [-0.1, -0.05) is 17.7 Å². The Hall–Kier alpha value is -1.60. The second-order valence-electron chi connectivity index (χ2n) is 5.63. The van der Waals surface area contributed by atoms with Crippen molar-refractivity contribution < 1.29 is 9.59 Å². The molecule has 1 heterocycles. The molecule has 0 aromatic heterocycles. The van der Waals surface area contributed by atoms with E-state index in [1.807, 2.05) is 30.5 Å². The number of thioether (sulfide) groups is 1. The lowest BCUT2D eigenvalue weighted by Crippen LogP contribution is -2.55. The van der Waals surface area contributed by atoms with Gasteiger partial charge in [0.25, 0.3) is 0 Å². The third kappa shape index (κ3) is 5.21. The van der Waals surface area contributed by atoms with Crippen LogP contribution in [0.2, 0.25) is 5.02 Å². The summed E-state index contributed by atoms with van der Waals surface area (Å²) >= 11 is 7.67.